The van der Waals surface area contributed by atoms with Gasteiger partial charge in [-0.2, -0.15) is 0 Å². The Morgan fingerprint density at radius 3 is 2.65 bits per heavy atom. The number of H-pyrrole nitrogens is 1. The van der Waals surface area contributed by atoms with Crippen LogP contribution in [0.2, 0.25) is 0 Å². The lowest BCUT2D eigenvalue weighted by Gasteiger charge is -2.39. The van der Waals surface area contributed by atoms with E-state index in [-0.39, 0.29) is 35.1 Å². The molecule has 2 aliphatic heterocycles. The maximum absolute atomic E-state index is 14.0. The summed E-state index contributed by atoms with van der Waals surface area (Å²) in [5, 5.41) is 18.2. The fraction of sp³-hybridized carbons (Fsp3) is 0.373. The zero-order chi connectivity index (χ0) is 47.6. The molecule has 68 heavy (non-hydrogen) atoms. The van der Waals surface area contributed by atoms with E-state index in [1.165, 1.54) is 51.0 Å². The average molecular weight is 960 g/mol. The van der Waals surface area contributed by atoms with Crippen molar-refractivity contribution in [1.82, 2.24) is 19.6 Å². The number of pyridine rings is 1. The van der Waals surface area contributed by atoms with Crippen molar-refractivity contribution in [3.05, 3.63) is 128 Å². The molecule has 0 bridgehead atoms. The van der Waals surface area contributed by atoms with E-state index in [0.29, 0.717) is 37.1 Å². The minimum Gasteiger partial charge on any atom is -0.455 e. The number of nitro groups is 1. The van der Waals surface area contributed by atoms with E-state index < -0.39 is 31.4 Å². The molecule has 356 valence electrons. The molecule has 6 aromatic rings. The number of carbonyl (C=O) groups is 1. The lowest BCUT2D eigenvalue weighted by atomic mass is 9.73. The molecule has 2 saturated heterocycles. The first-order valence-electron chi connectivity index (χ1n) is 23.1. The highest BCUT2D eigenvalue weighted by Crippen LogP contribution is 2.46. The fourth-order valence-electron chi connectivity index (χ4n) is 9.28. The number of nitrogens with zero attached hydrogens (tertiary/aromatic N) is 4. The predicted octanol–water partition coefficient (Wildman–Crippen LogP) is 9.85. The minimum atomic E-state index is -4.59. The molecule has 1 atom stereocenters. The lowest BCUT2D eigenvalue weighted by Crippen LogP contribution is -2.47. The first-order chi connectivity index (χ1) is 32.7. The molecule has 3 aromatic carbocycles. The number of nitro benzene ring substituents is 1. The number of hydrogen-bond donors (Lipinski definition) is 3. The van der Waals surface area contributed by atoms with Gasteiger partial charge in [-0.05, 0) is 101 Å². The monoisotopic (exact) mass is 959 g/mol. The normalized spacial score (nSPS) is 18.0. The molecule has 5 heterocycles. The SMILES string of the molecule is CC(C)c1ccccc1-c1csc(C2=C(CN3CCN(c4ccc(C(=O)NS(=O)(=O)c5ccc(NC[C@H]6COCCO6)c([N+](=O)[O-])c5)c(Oc5cnc6[nH]ccc6c5)c4)CC3)CCC(C)(C)C2)c1. The second-order valence-corrected chi connectivity index (χ2v) is 21.4. The molecule has 3 aromatic heterocycles. The summed E-state index contributed by atoms with van der Waals surface area (Å²) in [6, 6.07) is 23.3. The summed E-state index contributed by atoms with van der Waals surface area (Å²) in [5.41, 5.74) is 8.23. The maximum atomic E-state index is 14.0. The van der Waals surface area contributed by atoms with Crippen molar-refractivity contribution in [2.45, 2.75) is 63.9 Å². The van der Waals surface area contributed by atoms with Gasteiger partial charge < -0.3 is 29.4 Å². The zero-order valence-corrected chi connectivity index (χ0v) is 40.4. The van der Waals surface area contributed by atoms with Crippen molar-refractivity contribution in [3.63, 3.8) is 0 Å². The van der Waals surface area contributed by atoms with Crippen LogP contribution in [0, 0.1) is 15.5 Å². The Bertz CT molecular complexity index is 2970. The number of hydrogen-bond acceptors (Lipinski definition) is 13. The molecular weight excluding hydrogens is 903 g/mol. The first kappa shape index (κ1) is 47.0. The standard InChI is InChI=1S/C51H57N7O8S2/c1-33(2)41-7-5-6-8-42(41)36-24-48(67-32-36)44-27-51(3,4)15-13-35(44)30-56-17-19-57(20-18-56)37-9-11-43(47(25-37)66-38-23-34-14-16-52-49(34)54-28-38)50(59)55-68(62,63)40-10-12-45(46(26-40)58(60)61)53-29-39-31-64-21-22-65-39/h5-12,14,16,23-26,28,32-33,39,53H,13,15,17-22,27,29-31H2,1-4H3,(H,52,54)(H,55,59)/t39-/m0/s1. The molecule has 1 aliphatic carbocycles. The smallest absolute Gasteiger partial charge is 0.293 e. The number of aromatic amines is 1. The maximum Gasteiger partial charge on any atom is 0.293 e. The summed E-state index contributed by atoms with van der Waals surface area (Å²) in [5.74, 6) is -0.0553. The minimum absolute atomic E-state index is 0.0447. The number of thiophene rings is 1. The van der Waals surface area contributed by atoms with Gasteiger partial charge in [0.2, 0.25) is 0 Å². The van der Waals surface area contributed by atoms with E-state index in [1.807, 2.05) is 17.4 Å². The Morgan fingerprint density at radius 2 is 1.87 bits per heavy atom. The third kappa shape index (κ3) is 10.6. The molecule has 0 unspecified atom stereocenters. The summed E-state index contributed by atoms with van der Waals surface area (Å²) in [7, 11) is -4.59. The van der Waals surface area contributed by atoms with Gasteiger partial charge in [-0.1, -0.05) is 57.5 Å². The highest BCUT2D eigenvalue weighted by Gasteiger charge is 2.31. The number of sulfonamides is 1. The van der Waals surface area contributed by atoms with Gasteiger partial charge in [0, 0.05) is 73.5 Å². The van der Waals surface area contributed by atoms with Gasteiger partial charge in [-0.3, -0.25) is 19.8 Å². The molecule has 1 amide bonds. The number of fused-ring (bicyclic) bond motifs is 1. The molecule has 0 radical (unpaired) electrons. The van der Waals surface area contributed by atoms with E-state index in [2.05, 4.69) is 93.2 Å². The Kier molecular flexibility index (Phi) is 13.7. The summed E-state index contributed by atoms with van der Waals surface area (Å²) in [6.07, 6.45) is 6.22. The third-order valence-electron chi connectivity index (χ3n) is 13.0. The Balaban J connectivity index is 0.925. The van der Waals surface area contributed by atoms with Crippen molar-refractivity contribution in [3.8, 4) is 22.6 Å². The first-order valence-corrected chi connectivity index (χ1v) is 25.5. The van der Waals surface area contributed by atoms with Crippen LogP contribution in [0.25, 0.3) is 27.7 Å². The summed E-state index contributed by atoms with van der Waals surface area (Å²) in [6.45, 7) is 14.7. The highest BCUT2D eigenvalue weighted by molar-refractivity contribution is 7.90. The summed E-state index contributed by atoms with van der Waals surface area (Å²) >= 11 is 1.85. The fourth-order valence-corrected chi connectivity index (χ4v) is 11.3. The van der Waals surface area contributed by atoms with Crippen LogP contribution in [0.3, 0.4) is 0 Å². The molecule has 0 spiro atoms. The van der Waals surface area contributed by atoms with E-state index in [4.69, 9.17) is 14.2 Å². The van der Waals surface area contributed by atoms with Crippen molar-refractivity contribution >= 4 is 60.9 Å². The number of aromatic nitrogens is 2. The second-order valence-electron chi connectivity index (χ2n) is 18.8. The van der Waals surface area contributed by atoms with E-state index in [9.17, 15) is 23.3 Å². The number of amides is 1. The average Bonchev–Trinajstić information content (AvgIpc) is 4.02. The van der Waals surface area contributed by atoms with E-state index in [0.717, 1.165) is 69.1 Å². The number of carbonyl (C=O) groups excluding carboxylic acids is 1. The number of ether oxygens (including phenoxy) is 3. The van der Waals surface area contributed by atoms with Crippen LogP contribution >= 0.6 is 11.3 Å². The van der Waals surface area contributed by atoms with E-state index >= 15 is 0 Å². The van der Waals surface area contributed by atoms with Crippen LogP contribution in [-0.4, -0.2) is 99.3 Å². The quantitative estimate of drug-likeness (QED) is 0.0656. The second kappa shape index (κ2) is 19.9. The van der Waals surface area contributed by atoms with E-state index in [1.54, 1.807) is 30.5 Å². The van der Waals surface area contributed by atoms with Crippen molar-refractivity contribution < 1.29 is 32.3 Å². The van der Waals surface area contributed by atoms with Crippen LogP contribution in [-0.2, 0) is 19.5 Å². The van der Waals surface area contributed by atoms with Gasteiger partial charge in [0.1, 0.15) is 22.8 Å². The van der Waals surface area contributed by atoms with Crippen LogP contribution in [0.1, 0.15) is 73.7 Å². The molecule has 15 nitrogen and oxygen atoms in total. The highest BCUT2D eigenvalue weighted by atomic mass is 32.2. The summed E-state index contributed by atoms with van der Waals surface area (Å²) in [4.78, 5) is 38.6. The number of piperazine rings is 1. The van der Waals surface area contributed by atoms with Crippen molar-refractivity contribution in [2.75, 3.05) is 69.3 Å². The van der Waals surface area contributed by atoms with Gasteiger partial charge in [-0.15, -0.1) is 11.3 Å². The Hall–Kier alpha value is -6.11. The lowest BCUT2D eigenvalue weighted by molar-refractivity contribution is -0.384. The third-order valence-corrected chi connectivity index (χ3v) is 15.4. The number of nitrogens with one attached hydrogen (secondary N) is 3. The number of rotatable bonds is 15. The molecule has 17 heteroatoms. The van der Waals surface area contributed by atoms with Crippen molar-refractivity contribution in [1.29, 1.82) is 0 Å². The van der Waals surface area contributed by atoms with Crippen LogP contribution in [0.4, 0.5) is 17.1 Å². The molecule has 2 fully saturated rings. The molecule has 3 aliphatic rings. The van der Waals surface area contributed by atoms with Gasteiger partial charge >= 0.3 is 0 Å². The molecular formula is C51H57N7O8S2. The number of allylic oxidation sites excluding steroid dienone is 1. The van der Waals surface area contributed by atoms with Crippen LogP contribution < -0.4 is 19.7 Å². The van der Waals surface area contributed by atoms with Gasteiger partial charge in [0.05, 0.1) is 47.5 Å². The molecule has 0 saturated carbocycles. The predicted molar refractivity (Wildman–Crippen MR) is 266 cm³/mol. The van der Waals surface area contributed by atoms with Gasteiger partial charge in [-0.25, -0.2) is 18.1 Å². The topological polar surface area (TPSA) is 181 Å². The van der Waals surface area contributed by atoms with Gasteiger partial charge in [0.25, 0.3) is 21.6 Å². The van der Waals surface area contributed by atoms with Gasteiger partial charge in [0.15, 0.2) is 0 Å². The number of anilines is 2. The number of benzene rings is 3. The van der Waals surface area contributed by atoms with Crippen LogP contribution in [0.15, 0.2) is 107 Å². The Labute approximate surface area is 400 Å². The molecule has 3 N–H and O–H groups in total. The zero-order valence-electron chi connectivity index (χ0n) is 38.7. The van der Waals surface area contributed by atoms with Crippen molar-refractivity contribution in [2.24, 2.45) is 5.41 Å². The molecule has 9 rings (SSSR count). The summed E-state index contributed by atoms with van der Waals surface area (Å²) < 4.78 is 46.9. The Morgan fingerprint density at radius 1 is 1.04 bits per heavy atom. The van der Waals surface area contributed by atoms with Crippen LogP contribution in [0.5, 0.6) is 11.5 Å². The largest absolute Gasteiger partial charge is 0.455 e.